The van der Waals surface area contributed by atoms with Crippen LogP contribution < -0.4 is 9.64 Å². The molecule has 0 N–H and O–H groups in total. The number of fused-ring (bicyclic) bond motifs is 1. The molecule has 3 fully saturated rings. The van der Waals surface area contributed by atoms with Gasteiger partial charge in [0.15, 0.2) is 0 Å². The molecule has 1 aromatic carbocycles. The van der Waals surface area contributed by atoms with Gasteiger partial charge in [-0.25, -0.2) is 0 Å². The number of rotatable bonds is 4. The molecule has 3 nitrogen and oxygen atoms in total. The van der Waals surface area contributed by atoms with E-state index in [9.17, 15) is 4.79 Å². The van der Waals surface area contributed by atoms with Gasteiger partial charge in [-0.15, -0.1) is 0 Å². The molecule has 0 spiro atoms. The van der Waals surface area contributed by atoms with Gasteiger partial charge in [0.25, 0.3) is 5.85 Å². The number of hydrogen-bond acceptors (Lipinski definition) is 2. The summed E-state index contributed by atoms with van der Waals surface area (Å²) in [6.45, 7) is 0. The molecule has 4 aliphatic rings. The molecule has 1 aromatic rings. The maximum Gasteiger partial charge on any atom is 0.307 e. The van der Waals surface area contributed by atoms with Crippen molar-refractivity contribution >= 4 is 34.8 Å². The first kappa shape index (κ1) is 23.2. The van der Waals surface area contributed by atoms with Crippen molar-refractivity contribution in [1.82, 2.24) is 0 Å². The van der Waals surface area contributed by atoms with Crippen molar-refractivity contribution in [3.05, 3.63) is 22.7 Å². The number of hydrogen-bond donors (Lipinski definition) is 0. The minimum absolute atomic E-state index is 0.219. The van der Waals surface area contributed by atoms with Crippen LogP contribution in [0.5, 0.6) is 5.75 Å². The van der Waals surface area contributed by atoms with Crippen LogP contribution in [-0.4, -0.2) is 35.8 Å². The van der Waals surface area contributed by atoms with Crippen molar-refractivity contribution in [3.8, 4) is 5.75 Å². The minimum atomic E-state index is -1.69. The number of ether oxygens (including phenoxy) is 1. The Bertz CT molecular complexity index is 766. The lowest BCUT2D eigenvalue weighted by Crippen LogP contribution is -2.52. The van der Waals surface area contributed by atoms with Crippen LogP contribution in [0.4, 0.5) is 5.69 Å². The Morgan fingerprint density at radius 2 is 1.28 bits per heavy atom. The lowest BCUT2D eigenvalue weighted by atomic mass is 9.99. The molecule has 1 amide bonds. The van der Waals surface area contributed by atoms with Crippen molar-refractivity contribution in [2.45, 2.75) is 119 Å². The van der Waals surface area contributed by atoms with E-state index in [0.29, 0.717) is 0 Å². The normalized spacial score (nSPS) is 26.6. The SMILES string of the molecule is CN1C(=O)C([P+](C2CCCCC2)(C2CCCCC2)C2CCCCC2)Oc2cc(Br)ccc21. The van der Waals surface area contributed by atoms with E-state index < -0.39 is 7.26 Å². The molecule has 0 saturated heterocycles. The molecular formula is C27H40BrNO2P+. The number of halogens is 1. The van der Waals surface area contributed by atoms with E-state index in [1.165, 1.54) is 96.3 Å². The second-order valence-corrected chi connectivity index (χ2v) is 16.1. The zero-order valence-corrected chi connectivity index (χ0v) is 22.2. The first-order chi connectivity index (χ1) is 15.6. The van der Waals surface area contributed by atoms with Crippen LogP contribution in [0.2, 0.25) is 0 Å². The van der Waals surface area contributed by atoms with Gasteiger partial charge in [-0.1, -0.05) is 35.2 Å². The van der Waals surface area contributed by atoms with Crippen LogP contribution in [-0.2, 0) is 4.79 Å². The Morgan fingerprint density at radius 3 is 1.75 bits per heavy atom. The highest BCUT2D eigenvalue weighted by Gasteiger charge is 2.66. The lowest BCUT2D eigenvalue weighted by molar-refractivity contribution is -0.122. The highest BCUT2D eigenvalue weighted by Crippen LogP contribution is 2.80. The fourth-order valence-corrected chi connectivity index (χ4v) is 15.6. The van der Waals surface area contributed by atoms with Crippen molar-refractivity contribution in [2.24, 2.45) is 0 Å². The van der Waals surface area contributed by atoms with Crippen molar-refractivity contribution in [3.63, 3.8) is 0 Å². The molecule has 32 heavy (non-hydrogen) atoms. The summed E-state index contributed by atoms with van der Waals surface area (Å²) in [6, 6.07) is 6.16. The van der Waals surface area contributed by atoms with E-state index in [2.05, 4.69) is 22.0 Å². The number of amides is 1. The van der Waals surface area contributed by atoms with Gasteiger partial charge in [-0.3, -0.25) is 4.79 Å². The molecule has 1 atom stereocenters. The molecule has 3 aliphatic carbocycles. The second kappa shape index (κ2) is 9.95. The molecule has 3 saturated carbocycles. The number of carbonyl (C=O) groups is 1. The van der Waals surface area contributed by atoms with E-state index in [4.69, 9.17) is 4.74 Å². The van der Waals surface area contributed by atoms with E-state index in [1.54, 1.807) is 0 Å². The first-order valence-corrected chi connectivity index (χ1v) is 16.1. The van der Waals surface area contributed by atoms with Crippen molar-refractivity contribution in [1.29, 1.82) is 0 Å². The van der Waals surface area contributed by atoms with Crippen molar-refractivity contribution < 1.29 is 9.53 Å². The quantitative estimate of drug-likeness (QED) is 0.374. The highest BCUT2D eigenvalue weighted by atomic mass is 79.9. The summed E-state index contributed by atoms with van der Waals surface area (Å²) in [6.07, 6.45) is 20.3. The summed E-state index contributed by atoms with van der Waals surface area (Å²) in [5.41, 5.74) is 3.14. The minimum Gasteiger partial charge on any atom is -0.446 e. The van der Waals surface area contributed by atoms with Crippen LogP contribution >= 0.6 is 23.2 Å². The molecule has 0 bridgehead atoms. The summed E-state index contributed by atoms with van der Waals surface area (Å²) >= 11 is 3.65. The zero-order valence-electron chi connectivity index (χ0n) is 19.7. The molecule has 0 radical (unpaired) electrons. The van der Waals surface area contributed by atoms with Crippen LogP contribution in [0, 0.1) is 0 Å². The van der Waals surface area contributed by atoms with E-state index in [1.807, 2.05) is 24.1 Å². The molecule has 5 heteroatoms. The van der Waals surface area contributed by atoms with Gasteiger partial charge >= 0.3 is 5.91 Å². The van der Waals surface area contributed by atoms with Gasteiger partial charge in [0.05, 0.1) is 29.9 Å². The van der Waals surface area contributed by atoms with Gasteiger partial charge < -0.3 is 9.64 Å². The van der Waals surface area contributed by atoms with Crippen LogP contribution in [0.15, 0.2) is 22.7 Å². The molecule has 0 aromatic heterocycles. The van der Waals surface area contributed by atoms with Gasteiger partial charge in [0.2, 0.25) is 0 Å². The first-order valence-electron chi connectivity index (χ1n) is 13.2. The van der Waals surface area contributed by atoms with Crippen LogP contribution in [0.3, 0.4) is 0 Å². The average molecular weight is 522 g/mol. The van der Waals surface area contributed by atoms with Gasteiger partial charge in [-0.05, 0) is 95.2 Å². The predicted molar refractivity (Wildman–Crippen MR) is 140 cm³/mol. The fraction of sp³-hybridized carbons (Fsp3) is 0.741. The summed E-state index contributed by atoms with van der Waals surface area (Å²) in [5.74, 6) is 0.955. The fourth-order valence-electron chi connectivity index (χ4n) is 7.65. The molecular weight excluding hydrogens is 481 g/mol. The Morgan fingerprint density at radius 1 is 0.812 bits per heavy atom. The summed E-state index contributed by atoms with van der Waals surface area (Å²) in [7, 11) is 0.297. The Kier molecular flexibility index (Phi) is 7.20. The van der Waals surface area contributed by atoms with Gasteiger partial charge in [0, 0.05) is 11.5 Å². The molecule has 176 valence electrons. The summed E-state index contributed by atoms with van der Waals surface area (Å²) in [4.78, 5) is 16.1. The molecule has 1 aliphatic heterocycles. The monoisotopic (exact) mass is 520 g/mol. The smallest absolute Gasteiger partial charge is 0.307 e. The largest absolute Gasteiger partial charge is 0.446 e. The maximum absolute atomic E-state index is 14.2. The second-order valence-electron chi connectivity index (χ2n) is 10.7. The third kappa shape index (κ3) is 4.06. The number of nitrogens with zero attached hydrogens (tertiary/aromatic N) is 1. The highest BCUT2D eigenvalue weighted by molar-refractivity contribution is 9.10. The molecule has 1 heterocycles. The van der Waals surface area contributed by atoms with Crippen molar-refractivity contribution in [2.75, 3.05) is 11.9 Å². The summed E-state index contributed by atoms with van der Waals surface area (Å²) in [5, 5.41) is 0. The zero-order chi connectivity index (χ0) is 22.1. The standard InChI is InChI=1S/C27H40BrNO2P/c1-29-24-18-17-20(28)19-25(24)31-27(26(29)30)32(21-11-5-2-6-12-21,22-13-7-3-8-14-22)23-15-9-4-10-16-23/h17-19,21-23,27H,2-16H2,1H3/q+1. The summed E-state index contributed by atoms with van der Waals surface area (Å²) < 4.78 is 7.99. The Balaban J connectivity index is 1.64. The molecule has 5 rings (SSSR count). The van der Waals surface area contributed by atoms with Gasteiger partial charge in [-0.2, -0.15) is 0 Å². The number of benzene rings is 1. The Labute approximate surface area is 203 Å². The average Bonchev–Trinajstić information content (AvgIpc) is 2.84. The number of likely N-dealkylation sites (N-methyl/N-ethyl adjacent to an activating group) is 1. The Hall–Kier alpha value is -0.600. The lowest BCUT2D eigenvalue weighted by Gasteiger charge is -2.52. The third-order valence-electron chi connectivity index (χ3n) is 9.09. The third-order valence-corrected chi connectivity index (χ3v) is 16.1. The number of carbonyl (C=O) groups excluding carboxylic acids is 1. The van der Waals surface area contributed by atoms with E-state index in [0.717, 1.165) is 32.9 Å². The molecule has 1 unspecified atom stereocenters. The topological polar surface area (TPSA) is 29.5 Å². The van der Waals surface area contributed by atoms with E-state index in [-0.39, 0.29) is 11.8 Å². The van der Waals surface area contributed by atoms with E-state index >= 15 is 0 Å². The van der Waals surface area contributed by atoms with Crippen LogP contribution in [0.1, 0.15) is 96.3 Å². The predicted octanol–water partition coefficient (Wildman–Crippen LogP) is 8.15. The van der Waals surface area contributed by atoms with Crippen LogP contribution in [0.25, 0.3) is 0 Å². The number of anilines is 1. The van der Waals surface area contributed by atoms with Gasteiger partial charge in [0.1, 0.15) is 5.75 Å². The maximum atomic E-state index is 14.2.